The summed E-state index contributed by atoms with van der Waals surface area (Å²) in [4.78, 5) is 12.1. The Morgan fingerprint density at radius 1 is 1.04 bits per heavy atom. The van der Waals surface area contributed by atoms with E-state index >= 15 is 0 Å². The molecular formula is C17H17Cl2NO3. The number of carbonyl (C=O) groups excluding carboxylic acids is 1. The topological polar surface area (TPSA) is 47.6 Å². The van der Waals surface area contributed by atoms with Crippen molar-refractivity contribution in [1.82, 2.24) is 5.32 Å². The van der Waals surface area contributed by atoms with E-state index in [9.17, 15) is 4.79 Å². The van der Waals surface area contributed by atoms with Crippen molar-refractivity contribution in [2.45, 2.75) is 13.0 Å². The molecule has 0 fully saturated rings. The van der Waals surface area contributed by atoms with Crippen LogP contribution in [0, 0.1) is 0 Å². The maximum atomic E-state index is 12.1. The predicted molar refractivity (Wildman–Crippen MR) is 91.6 cm³/mol. The van der Waals surface area contributed by atoms with Crippen LogP contribution in [0.2, 0.25) is 10.0 Å². The molecule has 0 aromatic heterocycles. The van der Waals surface area contributed by atoms with Gasteiger partial charge in [-0.15, -0.1) is 0 Å². The minimum atomic E-state index is -0.165. The number of rotatable bonds is 6. The highest BCUT2D eigenvalue weighted by molar-refractivity contribution is 6.36. The Bertz CT molecular complexity index is 662. The zero-order valence-electron chi connectivity index (χ0n) is 12.9. The van der Waals surface area contributed by atoms with E-state index in [4.69, 9.17) is 32.7 Å². The molecule has 1 N–H and O–H groups in total. The Balaban J connectivity index is 2.02. The molecule has 1 amide bonds. The van der Waals surface area contributed by atoms with Gasteiger partial charge in [-0.2, -0.15) is 0 Å². The minimum Gasteiger partial charge on any atom is -0.497 e. The Morgan fingerprint density at radius 2 is 1.61 bits per heavy atom. The number of halogens is 2. The Labute approximate surface area is 145 Å². The van der Waals surface area contributed by atoms with Crippen molar-refractivity contribution in [3.05, 3.63) is 57.6 Å². The van der Waals surface area contributed by atoms with E-state index in [1.165, 1.54) is 0 Å². The first-order chi connectivity index (χ1) is 11.0. The van der Waals surface area contributed by atoms with Crippen LogP contribution in [0.5, 0.6) is 11.5 Å². The molecule has 2 aromatic carbocycles. The monoisotopic (exact) mass is 353 g/mol. The summed E-state index contributed by atoms with van der Waals surface area (Å²) in [6, 6.07) is 10.6. The molecule has 2 aromatic rings. The highest BCUT2D eigenvalue weighted by Gasteiger charge is 2.11. The average Bonchev–Trinajstić information content (AvgIpc) is 2.56. The maximum Gasteiger partial charge on any atom is 0.224 e. The molecule has 4 nitrogen and oxygen atoms in total. The summed E-state index contributed by atoms with van der Waals surface area (Å²) in [5.74, 6) is 1.17. The molecule has 0 aliphatic heterocycles. The van der Waals surface area contributed by atoms with E-state index < -0.39 is 0 Å². The summed E-state index contributed by atoms with van der Waals surface area (Å²) in [5, 5.41) is 3.80. The number of hydrogen-bond acceptors (Lipinski definition) is 3. The first-order valence-corrected chi connectivity index (χ1v) is 7.70. The van der Waals surface area contributed by atoms with Gasteiger partial charge in [-0.25, -0.2) is 0 Å². The van der Waals surface area contributed by atoms with Gasteiger partial charge in [0, 0.05) is 22.7 Å². The van der Waals surface area contributed by atoms with E-state index in [0.717, 1.165) is 5.56 Å². The summed E-state index contributed by atoms with van der Waals surface area (Å²) in [5.41, 5.74) is 1.50. The first kappa shape index (κ1) is 17.4. The van der Waals surface area contributed by atoms with E-state index in [1.807, 2.05) is 12.1 Å². The zero-order valence-corrected chi connectivity index (χ0v) is 14.4. The lowest BCUT2D eigenvalue weighted by Crippen LogP contribution is -2.24. The summed E-state index contributed by atoms with van der Waals surface area (Å²) in [6.07, 6.45) is 0.125. The third kappa shape index (κ3) is 4.78. The third-order valence-electron chi connectivity index (χ3n) is 3.30. The Kier molecular flexibility index (Phi) is 6.13. The molecule has 0 radical (unpaired) electrons. The fourth-order valence-corrected chi connectivity index (χ4v) is 2.62. The maximum absolute atomic E-state index is 12.1. The summed E-state index contributed by atoms with van der Waals surface area (Å²) in [6.45, 7) is 0.356. The average molecular weight is 354 g/mol. The van der Waals surface area contributed by atoms with Crippen molar-refractivity contribution in [3.63, 3.8) is 0 Å². The highest BCUT2D eigenvalue weighted by Crippen LogP contribution is 2.25. The molecule has 23 heavy (non-hydrogen) atoms. The van der Waals surface area contributed by atoms with Crippen LogP contribution in [-0.2, 0) is 17.8 Å². The number of methoxy groups -OCH3 is 2. The molecule has 0 saturated carbocycles. The molecule has 0 heterocycles. The lowest BCUT2D eigenvalue weighted by molar-refractivity contribution is -0.120. The molecule has 0 spiro atoms. The van der Waals surface area contributed by atoms with Crippen molar-refractivity contribution in [3.8, 4) is 11.5 Å². The molecule has 0 aliphatic carbocycles. The van der Waals surface area contributed by atoms with Crippen LogP contribution < -0.4 is 14.8 Å². The molecule has 0 bridgehead atoms. The molecule has 0 aliphatic rings. The summed E-state index contributed by atoms with van der Waals surface area (Å²) >= 11 is 12.1. The number of benzene rings is 2. The van der Waals surface area contributed by atoms with Gasteiger partial charge in [0.25, 0.3) is 0 Å². The second-order valence-electron chi connectivity index (χ2n) is 4.87. The normalized spacial score (nSPS) is 10.3. The predicted octanol–water partition coefficient (Wildman–Crippen LogP) is 3.87. The molecule has 6 heteroatoms. The number of amides is 1. The van der Waals surface area contributed by atoms with Gasteiger partial charge in [0.1, 0.15) is 11.5 Å². The molecule has 0 unspecified atom stereocenters. The lowest BCUT2D eigenvalue weighted by atomic mass is 10.1. The standard InChI is InChI=1S/C17H17Cl2NO3/c1-22-12-6-11(7-13(8-12)23-2)10-20-17(21)9-14-15(18)4-3-5-16(14)19/h3-8H,9-10H2,1-2H3,(H,20,21). The van der Waals surface area contributed by atoms with Gasteiger partial charge in [0.05, 0.1) is 20.6 Å². The van der Waals surface area contributed by atoms with Gasteiger partial charge in [-0.3, -0.25) is 4.79 Å². The van der Waals surface area contributed by atoms with Gasteiger partial charge in [0.15, 0.2) is 0 Å². The molecule has 122 valence electrons. The number of hydrogen-bond donors (Lipinski definition) is 1. The van der Waals surface area contributed by atoms with Crippen molar-refractivity contribution in [2.75, 3.05) is 14.2 Å². The minimum absolute atomic E-state index is 0.125. The van der Waals surface area contributed by atoms with E-state index in [0.29, 0.717) is 33.7 Å². The smallest absolute Gasteiger partial charge is 0.224 e. The van der Waals surface area contributed by atoms with Gasteiger partial charge in [-0.1, -0.05) is 29.3 Å². The van der Waals surface area contributed by atoms with E-state index in [-0.39, 0.29) is 12.3 Å². The Hall–Kier alpha value is -1.91. The van der Waals surface area contributed by atoms with Crippen molar-refractivity contribution >= 4 is 29.1 Å². The van der Waals surface area contributed by atoms with Crippen molar-refractivity contribution in [2.24, 2.45) is 0 Å². The Morgan fingerprint density at radius 3 is 2.13 bits per heavy atom. The quantitative estimate of drug-likeness (QED) is 0.857. The van der Waals surface area contributed by atoms with E-state index in [1.54, 1.807) is 38.5 Å². The van der Waals surface area contributed by atoms with Crippen molar-refractivity contribution in [1.29, 1.82) is 0 Å². The van der Waals surface area contributed by atoms with Crippen molar-refractivity contribution < 1.29 is 14.3 Å². The van der Waals surface area contributed by atoms with Crippen LogP contribution in [0.25, 0.3) is 0 Å². The fourth-order valence-electron chi connectivity index (χ4n) is 2.09. The van der Waals surface area contributed by atoms with Crippen LogP contribution in [0.4, 0.5) is 0 Å². The summed E-state index contributed by atoms with van der Waals surface area (Å²) in [7, 11) is 3.16. The number of carbonyl (C=O) groups is 1. The number of nitrogens with one attached hydrogen (secondary N) is 1. The zero-order chi connectivity index (χ0) is 16.8. The van der Waals surface area contributed by atoms with Crippen LogP contribution in [0.3, 0.4) is 0 Å². The van der Waals surface area contributed by atoms with Gasteiger partial charge >= 0.3 is 0 Å². The van der Waals surface area contributed by atoms with Crippen LogP contribution in [0.15, 0.2) is 36.4 Å². The van der Waals surface area contributed by atoms with Crippen LogP contribution >= 0.6 is 23.2 Å². The summed E-state index contributed by atoms with van der Waals surface area (Å²) < 4.78 is 10.4. The van der Waals surface area contributed by atoms with E-state index in [2.05, 4.69) is 5.32 Å². The molecule has 0 atom stereocenters. The second-order valence-corrected chi connectivity index (χ2v) is 5.69. The van der Waals surface area contributed by atoms with Gasteiger partial charge in [-0.05, 0) is 35.4 Å². The first-order valence-electron chi connectivity index (χ1n) is 6.95. The third-order valence-corrected chi connectivity index (χ3v) is 4.01. The second kappa shape index (κ2) is 8.09. The van der Waals surface area contributed by atoms with Gasteiger partial charge in [0.2, 0.25) is 5.91 Å². The highest BCUT2D eigenvalue weighted by atomic mass is 35.5. The largest absolute Gasteiger partial charge is 0.497 e. The SMILES string of the molecule is COc1cc(CNC(=O)Cc2c(Cl)cccc2Cl)cc(OC)c1. The molecule has 0 saturated heterocycles. The molecular weight excluding hydrogens is 337 g/mol. The number of ether oxygens (including phenoxy) is 2. The van der Waals surface area contributed by atoms with Gasteiger partial charge < -0.3 is 14.8 Å². The lowest BCUT2D eigenvalue weighted by Gasteiger charge is -2.10. The van der Waals surface area contributed by atoms with Crippen LogP contribution in [0.1, 0.15) is 11.1 Å². The fraction of sp³-hybridized carbons (Fsp3) is 0.235. The molecule has 2 rings (SSSR count). The van der Waals surface area contributed by atoms with Crippen LogP contribution in [-0.4, -0.2) is 20.1 Å².